The Bertz CT molecular complexity index is 3770. The lowest BCUT2D eigenvalue weighted by atomic mass is 10.2. The Morgan fingerprint density at radius 3 is 1.74 bits per heavy atom. The molecule has 0 saturated carbocycles. The topological polar surface area (TPSA) is 35.6 Å². The van der Waals surface area contributed by atoms with Gasteiger partial charge in [-0.2, -0.15) is 0 Å². The zero-order valence-corrected chi connectivity index (χ0v) is 40.2. The first-order chi connectivity index (χ1) is 33.7. The van der Waals surface area contributed by atoms with Crippen molar-refractivity contribution in [2.75, 3.05) is 0 Å². The minimum Gasteiger partial charge on any atom is -0.327 e. The third-order valence-electron chi connectivity index (χ3n) is 14.2. The number of nitrogens with zero attached hydrogens (tertiary/aromatic N) is 4. The molecule has 12 aromatic rings. The van der Waals surface area contributed by atoms with Gasteiger partial charge in [-0.3, -0.25) is 4.57 Å². The lowest BCUT2D eigenvalue weighted by Crippen LogP contribution is -2.76. The molecule has 7 heteroatoms. The predicted molar refractivity (Wildman–Crippen MR) is 290 cm³/mol. The number of para-hydroxylation sites is 3. The summed E-state index contributed by atoms with van der Waals surface area (Å²) in [6.07, 6.45) is 2.24. The van der Waals surface area contributed by atoms with E-state index in [1.54, 1.807) is 0 Å². The number of hydrogen-bond donors (Lipinski definition) is 0. The normalized spacial score (nSPS) is 13.1. The van der Waals surface area contributed by atoms with Gasteiger partial charge in [-0.05, 0) is 77.9 Å². The van der Waals surface area contributed by atoms with Crippen molar-refractivity contribution in [3.05, 3.63) is 249 Å². The van der Waals surface area contributed by atoms with Crippen LogP contribution >= 0.6 is 11.8 Å². The van der Waals surface area contributed by atoms with Crippen LogP contribution in [0.25, 0.3) is 50.0 Å². The highest BCUT2D eigenvalue weighted by molar-refractivity contribution is 8.00. The van der Waals surface area contributed by atoms with Crippen LogP contribution in [0.15, 0.2) is 259 Å². The molecule has 13 rings (SSSR count). The summed E-state index contributed by atoms with van der Waals surface area (Å²) in [5.41, 5.74) is 6.41. The van der Waals surface area contributed by atoms with Crippen LogP contribution in [0.2, 0.25) is 0 Å². The maximum absolute atomic E-state index is 5.65. The van der Waals surface area contributed by atoms with E-state index in [4.69, 9.17) is 9.97 Å². The van der Waals surface area contributed by atoms with Crippen molar-refractivity contribution < 1.29 is 0 Å². The maximum Gasteiger partial charge on any atom is 0.183 e. The highest BCUT2D eigenvalue weighted by Gasteiger charge is 2.48. The van der Waals surface area contributed by atoms with E-state index in [1.807, 2.05) is 11.8 Å². The van der Waals surface area contributed by atoms with Crippen molar-refractivity contribution in [2.45, 2.75) is 9.79 Å². The van der Waals surface area contributed by atoms with Crippen LogP contribution in [0, 0.1) is 0 Å². The van der Waals surface area contributed by atoms with E-state index < -0.39 is 16.1 Å². The second-order valence-corrected chi connectivity index (χ2v) is 26.3. The molecular weight excluding hydrogens is 877 g/mol. The van der Waals surface area contributed by atoms with E-state index in [0.717, 1.165) is 39.3 Å². The molecule has 0 N–H and O–H groups in total. The number of pyridine rings is 1. The largest absolute Gasteiger partial charge is 0.327 e. The summed E-state index contributed by atoms with van der Waals surface area (Å²) in [4.78, 5) is 13.5. The fourth-order valence-corrected chi connectivity index (χ4v) is 23.2. The minimum absolute atomic E-state index is 0.956. The van der Waals surface area contributed by atoms with Crippen LogP contribution < -0.4 is 41.5 Å². The Hall–Kier alpha value is -7.82. The molecule has 0 atom stereocenters. The lowest BCUT2D eigenvalue weighted by Gasteiger charge is -2.39. The van der Waals surface area contributed by atoms with E-state index in [2.05, 4.69) is 265 Å². The summed E-state index contributed by atoms with van der Waals surface area (Å²) >= 11 is 1.91. The molecule has 0 fully saturated rings. The molecule has 0 amide bonds. The number of imidazole rings is 1. The van der Waals surface area contributed by atoms with Crippen molar-refractivity contribution in [3.8, 4) is 17.1 Å². The van der Waals surface area contributed by atoms with Crippen molar-refractivity contribution in [3.63, 3.8) is 0 Å². The Labute approximate surface area is 401 Å². The average molecular weight is 921 g/mol. The monoisotopic (exact) mass is 920 g/mol. The van der Waals surface area contributed by atoms with Gasteiger partial charge >= 0.3 is 0 Å². The molecule has 3 aromatic heterocycles. The number of aromatic nitrogens is 4. The van der Waals surface area contributed by atoms with Crippen LogP contribution in [0.3, 0.4) is 0 Å². The van der Waals surface area contributed by atoms with Crippen LogP contribution in [0.5, 0.6) is 0 Å². The minimum atomic E-state index is -3.03. The number of fused-ring (bicyclic) bond motifs is 7. The second kappa shape index (κ2) is 16.2. The quantitative estimate of drug-likeness (QED) is 0.113. The van der Waals surface area contributed by atoms with Gasteiger partial charge in [0.25, 0.3) is 0 Å². The maximum atomic E-state index is 5.65. The molecule has 4 nitrogen and oxygen atoms in total. The Kier molecular flexibility index (Phi) is 9.64. The van der Waals surface area contributed by atoms with Crippen molar-refractivity contribution in [1.29, 1.82) is 0 Å². The van der Waals surface area contributed by atoms with Crippen LogP contribution in [0.1, 0.15) is 0 Å². The molecule has 0 spiro atoms. The van der Waals surface area contributed by atoms with Crippen LogP contribution in [-0.2, 0) is 7.05 Å². The van der Waals surface area contributed by atoms with E-state index in [1.165, 1.54) is 62.1 Å². The summed E-state index contributed by atoms with van der Waals surface area (Å²) in [5, 5.41) is 13.1. The van der Waals surface area contributed by atoms with Gasteiger partial charge < -0.3 is 4.57 Å². The highest BCUT2D eigenvalue weighted by Crippen LogP contribution is 2.42. The van der Waals surface area contributed by atoms with Gasteiger partial charge in [0.2, 0.25) is 0 Å². The Morgan fingerprint density at radius 2 is 1.04 bits per heavy atom. The van der Waals surface area contributed by atoms with Gasteiger partial charge in [0.05, 0.1) is 16.6 Å². The average Bonchev–Trinajstić information content (AvgIpc) is 3.94. The molecule has 322 valence electrons. The molecule has 0 aliphatic carbocycles. The van der Waals surface area contributed by atoms with E-state index in [-0.39, 0.29) is 0 Å². The molecule has 0 unspecified atom stereocenters. The van der Waals surface area contributed by atoms with Gasteiger partial charge in [-0.1, -0.05) is 218 Å². The summed E-state index contributed by atoms with van der Waals surface area (Å²) in [6.45, 7) is 0. The summed E-state index contributed by atoms with van der Waals surface area (Å²) in [6, 6.07) is 89.9. The van der Waals surface area contributed by atoms with Gasteiger partial charge in [0.1, 0.15) is 11.5 Å². The molecule has 9 aromatic carbocycles. The van der Waals surface area contributed by atoms with Crippen molar-refractivity contribution in [1.82, 2.24) is 19.1 Å². The Morgan fingerprint density at radius 1 is 0.485 bits per heavy atom. The molecule has 68 heavy (non-hydrogen) atoms. The van der Waals surface area contributed by atoms with Crippen LogP contribution in [-0.4, -0.2) is 35.2 Å². The molecule has 1 aliphatic heterocycles. The number of benzene rings is 9. The first kappa shape index (κ1) is 40.5. The Balaban J connectivity index is 1.08. The van der Waals surface area contributed by atoms with E-state index in [0.29, 0.717) is 0 Å². The summed E-state index contributed by atoms with van der Waals surface area (Å²) < 4.78 is 4.65. The van der Waals surface area contributed by atoms with E-state index in [9.17, 15) is 0 Å². The fraction of sp³-hybridized carbons (Fsp3) is 0.0164. The SMILES string of the molecule is Cn1c(-c2cccc([Si](c3ccccc3)(c3ccccc3)c3cccc(-n4c5ccccc5c5c6c(cnc54)[Si](c4ccccc4)(c4ccccc4)c4ccccc4S6)c3)c2)nc2ccccc21. The van der Waals surface area contributed by atoms with Crippen LogP contribution in [0.4, 0.5) is 0 Å². The summed E-state index contributed by atoms with van der Waals surface area (Å²) in [5.74, 6) is 0.956. The predicted octanol–water partition coefficient (Wildman–Crippen LogP) is 8.95. The zero-order valence-electron chi connectivity index (χ0n) is 37.4. The molecule has 1 aliphatic rings. The highest BCUT2D eigenvalue weighted by atomic mass is 32.2. The lowest BCUT2D eigenvalue weighted by molar-refractivity contribution is 0.959. The second-order valence-electron chi connectivity index (χ2n) is 17.7. The zero-order chi connectivity index (χ0) is 45.2. The molecule has 0 saturated heterocycles. The third-order valence-corrected chi connectivity index (χ3v) is 25.4. The smallest absolute Gasteiger partial charge is 0.183 e. The van der Waals surface area contributed by atoms with Gasteiger partial charge in [-0.15, -0.1) is 0 Å². The molecule has 0 radical (unpaired) electrons. The molecular formula is C61H44N4SSi2. The number of hydrogen-bond acceptors (Lipinski definition) is 3. The first-order valence-corrected chi connectivity index (χ1v) is 28.0. The first-order valence-electron chi connectivity index (χ1n) is 23.2. The fourth-order valence-electron chi connectivity index (χ4n) is 11.4. The van der Waals surface area contributed by atoms with Crippen molar-refractivity contribution >= 4 is 102 Å². The van der Waals surface area contributed by atoms with Crippen molar-refractivity contribution in [2.24, 2.45) is 7.05 Å². The third kappa shape index (κ3) is 5.99. The van der Waals surface area contributed by atoms with E-state index >= 15 is 0 Å². The van der Waals surface area contributed by atoms with Gasteiger partial charge in [-0.25, -0.2) is 9.97 Å². The number of rotatable bonds is 8. The molecule has 0 bridgehead atoms. The number of aryl methyl sites for hydroxylation is 1. The molecule has 4 heterocycles. The standard InChI is InChI=1S/C61H44N4SSi2/c1-64-54-37-17-15-35-52(54)63-60(64)43-22-20-32-49(40-43)67(45-24-6-2-7-25-45,46-26-8-3-9-27-46)50-33-21-23-44(41-50)65-53-36-16-14-34-51(53)58-59-57(42-62-61(58)65)68(47-28-10-4-11-29-47,48-30-12-5-13-31-48)56-39-19-18-38-55(56)66-59/h2-42H,1H3. The van der Waals surface area contributed by atoms with Gasteiger partial charge in [0.15, 0.2) is 16.1 Å². The summed E-state index contributed by atoms with van der Waals surface area (Å²) in [7, 11) is -3.73. The van der Waals surface area contributed by atoms with Gasteiger partial charge in [0, 0.05) is 45.1 Å².